The number of hydrogen-bond donors (Lipinski definition) is 2. The van der Waals surface area contributed by atoms with Gasteiger partial charge in [-0.1, -0.05) is 6.92 Å². The summed E-state index contributed by atoms with van der Waals surface area (Å²) < 4.78 is 10.9. The van der Waals surface area contributed by atoms with Gasteiger partial charge in [0, 0.05) is 28.8 Å². The van der Waals surface area contributed by atoms with Gasteiger partial charge in [-0.2, -0.15) is 0 Å². The number of hydrogen-bond acceptors (Lipinski definition) is 5. The molecule has 1 atom stereocenters. The van der Waals surface area contributed by atoms with Crippen molar-refractivity contribution in [1.29, 1.82) is 0 Å². The van der Waals surface area contributed by atoms with E-state index in [9.17, 15) is 14.4 Å². The van der Waals surface area contributed by atoms with Crippen LogP contribution in [0.15, 0.2) is 32.0 Å². The summed E-state index contributed by atoms with van der Waals surface area (Å²) in [5.41, 5.74) is 2.74. The maximum Gasteiger partial charge on any atom is 0.339 e. The molecule has 2 N–H and O–H groups in total. The molecule has 1 amide bonds. The predicted octanol–water partition coefficient (Wildman–Crippen LogP) is 3.07. The molecule has 2 heterocycles. The minimum Gasteiger partial charge on any atom is -0.480 e. The number of rotatable bonds is 6. The van der Waals surface area contributed by atoms with Crippen LogP contribution in [0.3, 0.4) is 0 Å². The molecular formula is C20H21NO6. The molecule has 0 aliphatic heterocycles. The van der Waals surface area contributed by atoms with Gasteiger partial charge in [-0.3, -0.25) is 4.79 Å². The lowest BCUT2D eigenvalue weighted by atomic mass is 10.0. The van der Waals surface area contributed by atoms with Gasteiger partial charge in [0.15, 0.2) is 0 Å². The summed E-state index contributed by atoms with van der Waals surface area (Å²) >= 11 is 0. The smallest absolute Gasteiger partial charge is 0.339 e. The first-order valence-corrected chi connectivity index (χ1v) is 8.78. The SMILES string of the molecule is CC[C@H](NC(=O)CCc1c(C)c2cc3c(C)coc3cc2oc1=O)C(=O)O. The van der Waals surface area contributed by atoms with Crippen molar-refractivity contribution < 1.29 is 23.5 Å². The molecule has 0 aliphatic rings. The standard InChI is InChI=1S/C20H21NO6/c1-4-15(19(23)24)21-18(22)6-5-12-11(3)14-7-13-10(2)9-26-16(13)8-17(14)27-20(12)25/h7-9,15H,4-6H2,1-3H3,(H,21,22)(H,23,24)/t15-/m0/s1. The van der Waals surface area contributed by atoms with Crippen molar-refractivity contribution in [3.8, 4) is 0 Å². The second-order valence-corrected chi connectivity index (χ2v) is 6.62. The van der Waals surface area contributed by atoms with Gasteiger partial charge in [0.2, 0.25) is 5.91 Å². The minimum atomic E-state index is -1.08. The van der Waals surface area contributed by atoms with Crippen LogP contribution in [0.2, 0.25) is 0 Å². The van der Waals surface area contributed by atoms with E-state index in [0.29, 0.717) is 16.7 Å². The summed E-state index contributed by atoms with van der Waals surface area (Å²) in [5.74, 6) is -1.49. The molecule has 142 valence electrons. The van der Waals surface area contributed by atoms with Gasteiger partial charge in [0.05, 0.1) is 6.26 Å². The summed E-state index contributed by atoms with van der Waals surface area (Å²) in [5, 5.41) is 13.2. The molecule has 0 fully saturated rings. The highest BCUT2D eigenvalue weighted by molar-refractivity contribution is 5.96. The van der Waals surface area contributed by atoms with Crippen LogP contribution >= 0.6 is 0 Å². The predicted molar refractivity (Wildman–Crippen MR) is 99.9 cm³/mol. The zero-order chi connectivity index (χ0) is 19.7. The number of nitrogens with one attached hydrogen (secondary N) is 1. The fraction of sp³-hybridized carbons (Fsp3) is 0.350. The highest BCUT2D eigenvalue weighted by Crippen LogP contribution is 2.28. The van der Waals surface area contributed by atoms with Gasteiger partial charge >= 0.3 is 11.6 Å². The second-order valence-electron chi connectivity index (χ2n) is 6.62. The normalized spacial score (nSPS) is 12.4. The average molecular weight is 371 g/mol. The van der Waals surface area contributed by atoms with Crippen LogP contribution in [-0.2, 0) is 16.0 Å². The number of fused-ring (bicyclic) bond motifs is 2. The quantitative estimate of drug-likeness (QED) is 0.645. The summed E-state index contributed by atoms with van der Waals surface area (Å²) in [6, 6.07) is 2.69. The van der Waals surface area contributed by atoms with E-state index in [2.05, 4.69) is 5.32 Å². The van der Waals surface area contributed by atoms with Gasteiger partial charge in [-0.25, -0.2) is 9.59 Å². The van der Waals surface area contributed by atoms with E-state index in [1.165, 1.54) is 0 Å². The molecule has 0 saturated carbocycles. The number of benzene rings is 1. The molecule has 2 aromatic heterocycles. The van der Waals surface area contributed by atoms with Crippen molar-refractivity contribution in [1.82, 2.24) is 5.32 Å². The first-order valence-electron chi connectivity index (χ1n) is 8.78. The molecular weight excluding hydrogens is 350 g/mol. The highest BCUT2D eigenvalue weighted by Gasteiger charge is 2.19. The number of carboxylic acids is 1. The van der Waals surface area contributed by atoms with Crippen LogP contribution in [0.25, 0.3) is 21.9 Å². The number of carbonyl (C=O) groups is 2. The maximum atomic E-state index is 12.4. The number of aliphatic carboxylic acids is 1. The van der Waals surface area contributed by atoms with Gasteiger partial charge in [-0.15, -0.1) is 0 Å². The van der Waals surface area contributed by atoms with Crippen molar-refractivity contribution in [2.45, 2.75) is 46.1 Å². The first-order chi connectivity index (χ1) is 12.8. The molecule has 0 spiro atoms. The van der Waals surface area contributed by atoms with E-state index in [4.69, 9.17) is 13.9 Å². The Hall–Kier alpha value is -3.09. The van der Waals surface area contributed by atoms with E-state index in [-0.39, 0.29) is 19.3 Å². The zero-order valence-corrected chi connectivity index (χ0v) is 15.4. The van der Waals surface area contributed by atoms with E-state index < -0.39 is 23.5 Å². The van der Waals surface area contributed by atoms with Crippen LogP contribution in [0.4, 0.5) is 0 Å². The molecule has 7 heteroatoms. The van der Waals surface area contributed by atoms with E-state index in [0.717, 1.165) is 21.9 Å². The lowest BCUT2D eigenvalue weighted by molar-refractivity contribution is -0.141. The molecule has 0 saturated heterocycles. The number of carboxylic acid groups (broad SMARTS) is 1. The Kier molecular flexibility index (Phi) is 5.03. The highest BCUT2D eigenvalue weighted by atomic mass is 16.4. The van der Waals surface area contributed by atoms with Crippen LogP contribution < -0.4 is 10.9 Å². The Morgan fingerprint density at radius 3 is 2.59 bits per heavy atom. The van der Waals surface area contributed by atoms with Gasteiger partial charge in [0.25, 0.3) is 0 Å². The second kappa shape index (κ2) is 7.26. The fourth-order valence-corrected chi connectivity index (χ4v) is 3.17. The summed E-state index contributed by atoms with van der Waals surface area (Å²) in [7, 11) is 0. The number of amides is 1. The third kappa shape index (κ3) is 3.58. The molecule has 0 radical (unpaired) electrons. The Morgan fingerprint density at radius 2 is 1.93 bits per heavy atom. The number of furan rings is 1. The third-order valence-corrected chi connectivity index (χ3v) is 4.82. The largest absolute Gasteiger partial charge is 0.480 e. The minimum absolute atomic E-state index is 0.00781. The number of carbonyl (C=O) groups excluding carboxylic acids is 1. The van der Waals surface area contributed by atoms with Gasteiger partial charge in [-0.05, 0) is 43.9 Å². The fourth-order valence-electron chi connectivity index (χ4n) is 3.17. The Balaban J connectivity index is 1.89. The summed E-state index contributed by atoms with van der Waals surface area (Å²) in [6.45, 7) is 5.43. The maximum absolute atomic E-state index is 12.4. The molecule has 3 aromatic rings. The van der Waals surface area contributed by atoms with E-state index in [1.807, 2.05) is 19.9 Å². The Morgan fingerprint density at radius 1 is 1.19 bits per heavy atom. The third-order valence-electron chi connectivity index (χ3n) is 4.82. The van der Waals surface area contributed by atoms with Crippen molar-refractivity contribution in [3.05, 3.63) is 45.5 Å². The lowest BCUT2D eigenvalue weighted by Gasteiger charge is -2.12. The van der Waals surface area contributed by atoms with Gasteiger partial charge in [0.1, 0.15) is 17.2 Å². The first kappa shape index (κ1) is 18.7. The molecule has 0 unspecified atom stereocenters. The summed E-state index contributed by atoms with van der Waals surface area (Å²) in [6.07, 6.45) is 2.12. The van der Waals surface area contributed by atoms with Crippen LogP contribution in [0, 0.1) is 13.8 Å². The van der Waals surface area contributed by atoms with Crippen molar-refractivity contribution in [3.63, 3.8) is 0 Å². The van der Waals surface area contributed by atoms with Crippen molar-refractivity contribution in [2.24, 2.45) is 0 Å². The van der Waals surface area contributed by atoms with Crippen LogP contribution in [-0.4, -0.2) is 23.0 Å². The monoisotopic (exact) mass is 371 g/mol. The Bertz CT molecular complexity index is 1090. The van der Waals surface area contributed by atoms with E-state index in [1.54, 1.807) is 19.3 Å². The summed E-state index contributed by atoms with van der Waals surface area (Å²) in [4.78, 5) is 35.4. The zero-order valence-electron chi connectivity index (χ0n) is 15.4. The molecule has 27 heavy (non-hydrogen) atoms. The Labute approximate surface area is 155 Å². The number of aryl methyl sites for hydroxylation is 2. The van der Waals surface area contributed by atoms with E-state index >= 15 is 0 Å². The molecule has 0 bridgehead atoms. The average Bonchev–Trinajstić information content (AvgIpc) is 2.98. The van der Waals surface area contributed by atoms with Gasteiger partial charge < -0.3 is 19.3 Å². The van der Waals surface area contributed by atoms with Crippen molar-refractivity contribution in [2.75, 3.05) is 0 Å². The van der Waals surface area contributed by atoms with Crippen LogP contribution in [0.5, 0.6) is 0 Å². The molecule has 3 rings (SSSR count). The van der Waals surface area contributed by atoms with Crippen molar-refractivity contribution >= 4 is 33.8 Å². The topological polar surface area (TPSA) is 110 Å². The van der Waals surface area contributed by atoms with Crippen LogP contribution in [0.1, 0.15) is 36.5 Å². The molecule has 0 aliphatic carbocycles. The lowest BCUT2D eigenvalue weighted by Crippen LogP contribution is -2.40. The molecule has 7 nitrogen and oxygen atoms in total. The molecule has 1 aromatic carbocycles.